The number of carbonyl (C=O) groups excluding carboxylic acids is 1. The molecule has 1 heterocycles. The molecule has 170 valence electrons. The van der Waals surface area contributed by atoms with Gasteiger partial charge in [0, 0.05) is 35.5 Å². The van der Waals surface area contributed by atoms with Gasteiger partial charge < -0.3 is 19.7 Å². The Bertz CT molecular complexity index is 884. The molecule has 1 aromatic carbocycles. The minimum absolute atomic E-state index is 0.131. The standard InChI is InChI=1S/C22H31N3O5S/c1-6-9-24-14(4)20(15(5)26)21(23-22(24)31)16-12-17(25(27)28)19(30-11-8-3)13-18(16)29-10-7-2/h12-13,21H,6-11H2,1-5H3,(H,23,31). The Kier molecular flexibility index (Phi) is 8.79. The highest BCUT2D eigenvalue weighted by Gasteiger charge is 2.35. The minimum Gasteiger partial charge on any atom is -0.493 e. The van der Waals surface area contributed by atoms with Crippen molar-refractivity contribution in [2.75, 3.05) is 19.8 Å². The number of hydrogen-bond acceptors (Lipinski definition) is 6. The Morgan fingerprint density at radius 1 is 1.16 bits per heavy atom. The summed E-state index contributed by atoms with van der Waals surface area (Å²) in [5.74, 6) is 0.459. The van der Waals surface area contributed by atoms with E-state index >= 15 is 0 Å². The molecule has 2 rings (SSSR count). The molecule has 31 heavy (non-hydrogen) atoms. The van der Waals surface area contributed by atoms with Crippen LogP contribution >= 0.6 is 12.2 Å². The smallest absolute Gasteiger partial charge is 0.311 e. The second-order valence-corrected chi connectivity index (χ2v) is 7.79. The van der Waals surface area contributed by atoms with Gasteiger partial charge in [-0.15, -0.1) is 0 Å². The van der Waals surface area contributed by atoms with E-state index in [4.69, 9.17) is 21.7 Å². The van der Waals surface area contributed by atoms with Crippen LogP contribution in [0.1, 0.15) is 65.5 Å². The van der Waals surface area contributed by atoms with Gasteiger partial charge in [-0.2, -0.15) is 0 Å². The van der Waals surface area contributed by atoms with Gasteiger partial charge in [0.15, 0.2) is 10.9 Å². The highest BCUT2D eigenvalue weighted by atomic mass is 32.1. The monoisotopic (exact) mass is 449 g/mol. The van der Waals surface area contributed by atoms with Crippen LogP contribution in [0.25, 0.3) is 0 Å². The molecule has 0 aliphatic carbocycles. The molecule has 1 unspecified atom stereocenters. The third kappa shape index (κ3) is 5.52. The van der Waals surface area contributed by atoms with Gasteiger partial charge in [0.1, 0.15) is 5.75 Å². The number of benzene rings is 1. The molecule has 0 saturated heterocycles. The van der Waals surface area contributed by atoms with Crippen LogP contribution in [0, 0.1) is 10.1 Å². The summed E-state index contributed by atoms with van der Waals surface area (Å²) in [4.78, 5) is 25.8. The molecule has 0 bridgehead atoms. The Labute approximate surface area is 188 Å². The zero-order valence-electron chi connectivity index (χ0n) is 18.8. The number of nitrogens with one attached hydrogen (secondary N) is 1. The quantitative estimate of drug-likeness (QED) is 0.296. The summed E-state index contributed by atoms with van der Waals surface area (Å²) in [6.45, 7) is 10.7. The summed E-state index contributed by atoms with van der Waals surface area (Å²) in [6.07, 6.45) is 2.33. The predicted octanol–water partition coefficient (Wildman–Crippen LogP) is 4.68. The number of allylic oxidation sites excluding steroid dienone is 1. The van der Waals surface area contributed by atoms with Gasteiger partial charge in [-0.3, -0.25) is 14.9 Å². The topological polar surface area (TPSA) is 93.9 Å². The summed E-state index contributed by atoms with van der Waals surface area (Å²) < 4.78 is 11.6. The molecule has 0 amide bonds. The first-order chi connectivity index (χ1) is 14.8. The Morgan fingerprint density at radius 2 is 1.77 bits per heavy atom. The second-order valence-electron chi connectivity index (χ2n) is 7.40. The Balaban J connectivity index is 2.70. The lowest BCUT2D eigenvalue weighted by atomic mass is 9.91. The fraction of sp³-hybridized carbons (Fsp3) is 0.545. The van der Waals surface area contributed by atoms with Gasteiger partial charge in [0.2, 0.25) is 5.75 Å². The average molecular weight is 450 g/mol. The molecule has 1 atom stereocenters. The maximum Gasteiger partial charge on any atom is 0.311 e. The molecule has 1 aliphatic heterocycles. The first kappa shape index (κ1) is 24.6. The van der Waals surface area contributed by atoms with Gasteiger partial charge in [0.25, 0.3) is 0 Å². The lowest BCUT2D eigenvalue weighted by Crippen LogP contribution is -2.47. The van der Waals surface area contributed by atoms with Crippen molar-refractivity contribution in [3.63, 3.8) is 0 Å². The number of Topliss-reactive ketones (excluding diaryl/α,β-unsaturated/α-hetero) is 1. The van der Waals surface area contributed by atoms with E-state index in [1.807, 2.05) is 32.6 Å². The summed E-state index contributed by atoms with van der Waals surface area (Å²) in [6, 6.07) is 2.33. The molecule has 1 aliphatic rings. The molecule has 1 N–H and O–H groups in total. The van der Waals surface area contributed by atoms with E-state index in [1.54, 1.807) is 6.07 Å². The van der Waals surface area contributed by atoms with Crippen molar-refractivity contribution in [3.05, 3.63) is 39.1 Å². The maximum absolute atomic E-state index is 12.6. The van der Waals surface area contributed by atoms with E-state index in [0.717, 1.165) is 18.5 Å². The number of hydrogen-bond donors (Lipinski definition) is 1. The van der Waals surface area contributed by atoms with Crippen LogP contribution in [0.4, 0.5) is 5.69 Å². The first-order valence-corrected chi connectivity index (χ1v) is 11.0. The molecule has 0 fully saturated rings. The van der Waals surface area contributed by atoms with E-state index in [2.05, 4.69) is 5.32 Å². The Morgan fingerprint density at radius 3 is 2.29 bits per heavy atom. The molecule has 0 radical (unpaired) electrons. The number of nitrogens with zero attached hydrogens (tertiary/aromatic N) is 2. The maximum atomic E-state index is 12.6. The Hall–Kier alpha value is -2.68. The van der Waals surface area contributed by atoms with Crippen LogP contribution in [-0.4, -0.2) is 40.5 Å². The van der Waals surface area contributed by atoms with Crippen LogP contribution in [-0.2, 0) is 4.79 Å². The number of ether oxygens (including phenoxy) is 2. The number of nitro benzene ring substituents is 1. The molecule has 8 nitrogen and oxygen atoms in total. The van der Waals surface area contributed by atoms with Crippen molar-refractivity contribution in [1.82, 2.24) is 10.2 Å². The van der Waals surface area contributed by atoms with E-state index in [0.29, 0.717) is 48.2 Å². The van der Waals surface area contributed by atoms with Gasteiger partial charge in [-0.1, -0.05) is 20.8 Å². The minimum atomic E-state index is -0.649. The molecule has 0 saturated carbocycles. The normalized spacial score (nSPS) is 16.2. The third-order valence-electron chi connectivity index (χ3n) is 4.95. The van der Waals surface area contributed by atoms with Crippen LogP contribution in [0.5, 0.6) is 11.5 Å². The first-order valence-electron chi connectivity index (χ1n) is 10.6. The fourth-order valence-corrected chi connectivity index (χ4v) is 3.91. The van der Waals surface area contributed by atoms with Crippen LogP contribution in [0.15, 0.2) is 23.4 Å². The van der Waals surface area contributed by atoms with Crippen molar-refractivity contribution in [1.29, 1.82) is 0 Å². The predicted molar refractivity (Wildman–Crippen MR) is 124 cm³/mol. The van der Waals surface area contributed by atoms with Crippen LogP contribution < -0.4 is 14.8 Å². The number of rotatable bonds is 11. The number of nitro groups is 1. The van der Waals surface area contributed by atoms with E-state index in [-0.39, 0.29) is 17.2 Å². The van der Waals surface area contributed by atoms with E-state index in [1.165, 1.54) is 13.0 Å². The summed E-state index contributed by atoms with van der Waals surface area (Å²) in [5, 5.41) is 15.5. The van der Waals surface area contributed by atoms with Crippen molar-refractivity contribution in [3.8, 4) is 11.5 Å². The van der Waals surface area contributed by atoms with Gasteiger partial charge >= 0.3 is 5.69 Å². The summed E-state index contributed by atoms with van der Waals surface area (Å²) in [7, 11) is 0. The zero-order chi connectivity index (χ0) is 23.1. The molecule has 1 aromatic rings. The summed E-state index contributed by atoms with van der Waals surface area (Å²) in [5.41, 5.74) is 1.59. The highest BCUT2D eigenvalue weighted by molar-refractivity contribution is 7.80. The van der Waals surface area contributed by atoms with Gasteiger partial charge in [-0.25, -0.2) is 0 Å². The largest absolute Gasteiger partial charge is 0.493 e. The average Bonchev–Trinajstić information content (AvgIpc) is 2.72. The molecular formula is C22H31N3O5S. The molecule has 9 heteroatoms. The van der Waals surface area contributed by atoms with E-state index < -0.39 is 11.0 Å². The highest BCUT2D eigenvalue weighted by Crippen LogP contribution is 2.42. The number of thiocarbonyl (C=S) groups is 1. The van der Waals surface area contributed by atoms with Crippen LogP contribution in [0.2, 0.25) is 0 Å². The molecule has 0 spiro atoms. The van der Waals surface area contributed by atoms with Gasteiger partial charge in [0.05, 0.1) is 24.2 Å². The molecule has 0 aromatic heterocycles. The SMILES string of the molecule is CCCOc1cc(OCCC)c([N+](=O)[O-])cc1C1NC(=S)N(CCC)C(C)=C1C(C)=O. The van der Waals surface area contributed by atoms with Crippen molar-refractivity contribution >= 4 is 28.8 Å². The summed E-state index contributed by atoms with van der Waals surface area (Å²) >= 11 is 5.55. The van der Waals surface area contributed by atoms with Crippen molar-refractivity contribution in [2.45, 2.75) is 59.9 Å². The van der Waals surface area contributed by atoms with Gasteiger partial charge in [-0.05, 0) is 45.3 Å². The lowest BCUT2D eigenvalue weighted by molar-refractivity contribution is -0.386. The molecular weight excluding hydrogens is 418 g/mol. The van der Waals surface area contributed by atoms with Crippen molar-refractivity contribution in [2.24, 2.45) is 0 Å². The second kappa shape index (κ2) is 11.1. The zero-order valence-corrected chi connectivity index (χ0v) is 19.6. The van der Waals surface area contributed by atoms with E-state index in [9.17, 15) is 14.9 Å². The third-order valence-corrected chi connectivity index (χ3v) is 5.28. The fourth-order valence-electron chi connectivity index (χ4n) is 3.56. The number of ketones is 1. The lowest BCUT2D eigenvalue weighted by Gasteiger charge is -2.38. The van der Waals surface area contributed by atoms with Crippen molar-refractivity contribution < 1.29 is 19.2 Å². The van der Waals surface area contributed by atoms with Crippen LogP contribution in [0.3, 0.4) is 0 Å². The number of carbonyl (C=O) groups is 1.